The molecule has 1 aromatic rings. The third kappa shape index (κ3) is 5.98. The predicted molar refractivity (Wildman–Crippen MR) is 91.7 cm³/mol. The average molecular weight is 308 g/mol. The van der Waals surface area contributed by atoms with Crippen molar-refractivity contribution in [2.45, 2.75) is 72.7 Å². The lowest BCUT2D eigenvalue weighted by atomic mass is 9.95. The maximum absolute atomic E-state index is 5.96. The number of hydrogen-bond donors (Lipinski definition) is 0. The van der Waals surface area contributed by atoms with Crippen LogP contribution in [0.1, 0.15) is 65.0 Å². The van der Waals surface area contributed by atoms with Crippen molar-refractivity contribution in [1.29, 1.82) is 0 Å². The maximum Gasteiger partial charge on any atom is 0.196 e. The lowest BCUT2D eigenvalue weighted by Crippen LogP contribution is -2.18. The predicted octanol–water partition coefficient (Wildman–Crippen LogP) is 4.93. The number of rotatable bonds is 10. The first-order chi connectivity index (χ1) is 10.5. The fourth-order valence-electron chi connectivity index (χ4n) is 2.52. The highest BCUT2D eigenvalue weighted by Crippen LogP contribution is 2.28. The fourth-order valence-corrected chi connectivity index (χ4v) is 2.52. The fraction of sp³-hybridized carbons (Fsp3) is 0.684. The average Bonchev–Trinajstić information content (AvgIpc) is 2.48. The zero-order valence-corrected chi connectivity index (χ0v) is 15.0. The smallest absolute Gasteiger partial charge is 0.196 e. The molecule has 0 N–H and O–H groups in total. The lowest BCUT2D eigenvalue weighted by Gasteiger charge is -2.21. The Balaban J connectivity index is 2.97. The third-order valence-electron chi connectivity index (χ3n) is 3.92. The minimum atomic E-state index is -0.236. The molecule has 0 aliphatic heterocycles. The van der Waals surface area contributed by atoms with Gasteiger partial charge in [-0.25, -0.2) is 0 Å². The molecule has 0 radical (unpaired) electrons. The molecule has 3 nitrogen and oxygen atoms in total. The van der Waals surface area contributed by atoms with E-state index in [1.807, 2.05) is 20.8 Å². The van der Waals surface area contributed by atoms with Crippen LogP contribution in [0, 0.1) is 0 Å². The normalized spacial score (nSPS) is 15.4. The molecule has 1 rings (SSSR count). The van der Waals surface area contributed by atoms with Gasteiger partial charge in [-0.1, -0.05) is 26.0 Å². The van der Waals surface area contributed by atoms with E-state index in [9.17, 15) is 0 Å². The highest BCUT2D eigenvalue weighted by atomic mass is 16.7. The van der Waals surface area contributed by atoms with Crippen LogP contribution < -0.4 is 4.74 Å². The summed E-state index contributed by atoms with van der Waals surface area (Å²) in [6.07, 6.45) is 1.94. The highest BCUT2D eigenvalue weighted by Gasteiger charge is 2.14. The second-order valence-corrected chi connectivity index (χ2v) is 5.79. The second-order valence-electron chi connectivity index (χ2n) is 5.79. The van der Waals surface area contributed by atoms with E-state index in [1.165, 1.54) is 11.1 Å². The van der Waals surface area contributed by atoms with E-state index in [0.717, 1.165) is 25.2 Å². The van der Waals surface area contributed by atoms with Gasteiger partial charge in [-0.05, 0) is 57.2 Å². The molecule has 0 spiro atoms. The minimum absolute atomic E-state index is 0.182. The minimum Gasteiger partial charge on any atom is -0.465 e. The molecule has 0 saturated heterocycles. The molecule has 0 heterocycles. The zero-order chi connectivity index (χ0) is 16.5. The SMILES string of the molecule is CCOC(C)Cc1cc(C(C)CC)ccc1OC(C)OCC. The van der Waals surface area contributed by atoms with Crippen molar-refractivity contribution in [3.05, 3.63) is 29.3 Å². The van der Waals surface area contributed by atoms with E-state index >= 15 is 0 Å². The molecule has 0 aliphatic rings. The van der Waals surface area contributed by atoms with Gasteiger partial charge in [-0.15, -0.1) is 0 Å². The van der Waals surface area contributed by atoms with Gasteiger partial charge in [0, 0.05) is 19.6 Å². The maximum atomic E-state index is 5.96. The molecule has 3 atom stereocenters. The van der Waals surface area contributed by atoms with Crippen molar-refractivity contribution in [2.75, 3.05) is 13.2 Å². The number of ether oxygens (including phenoxy) is 3. The molecule has 0 bridgehead atoms. The Hall–Kier alpha value is -1.06. The molecule has 3 heteroatoms. The quantitative estimate of drug-likeness (QED) is 0.574. The summed E-state index contributed by atoms with van der Waals surface area (Å²) in [5.41, 5.74) is 2.56. The van der Waals surface area contributed by atoms with Gasteiger partial charge in [0.05, 0.1) is 6.10 Å². The second kappa shape index (κ2) is 9.86. The van der Waals surface area contributed by atoms with Crippen LogP contribution in [0.3, 0.4) is 0 Å². The molecule has 3 unspecified atom stereocenters. The van der Waals surface area contributed by atoms with E-state index in [4.69, 9.17) is 14.2 Å². The van der Waals surface area contributed by atoms with Crippen LogP contribution in [0.4, 0.5) is 0 Å². The first kappa shape index (κ1) is 19.0. The monoisotopic (exact) mass is 308 g/mol. The van der Waals surface area contributed by atoms with E-state index < -0.39 is 0 Å². The molecular formula is C19H32O3. The first-order valence-electron chi connectivity index (χ1n) is 8.54. The van der Waals surface area contributed by atoms with Gasteiger partial charge in [0.1, 0.15) is 5.75 Å². The Morgan fingerprint density at radius 3 is 2.23 bits per heavy atom. The summed E-state index contributed by atoms with van der Waals surface area (Å²) in [6, 6.07) is 6.50. The van der Waals surface area contributed by atoms with Gasteiger partial charge < -0.3 is 14.2 Å². The molecular weight excluding hydrogens is 276 g/mol. The van der Waals surface area contributed by atoms with E-state index in [2.05, 4.69) is 39.0 Å². The Kier molecular flexibility index (Phi) is 8.51. The van der Waals surface area contributed by atoms with Gasteiger partial charge in [0.25, 0.3) is 0 Å². The standard InChI is InChI=1S/C19H32O3/c1-7-14(4)17-10-11-19(22-16(6)21-9-3)18(13-17)12-15(5)20-8-2/h10-11,13-16H,7-9,12H2,1-6H3. The first-order valence-corrected chi connectivity index (χ1v) is 8.54. The van der Waals surface area contributed by atoms with Crippen LogP contribution >= 0.6 is 0 Å². The van der Waals surface area contributed by atoms with Crippen molar-refractivity contribution in [3.63, 3.8) is 0 Å². The van der Waals surface area contributed by atoms with E-state index in [-0.39, 0.29) is 12.4 Å². The van der Waals surface area contributed by atoms with Crippen LogP contribution in [-0.4, -0.2) is 25.6 Å². The van der Waals surface area contributed by atoms with Crippen molar-refractivity contribution >= 4 is 0 Å². The molecule has 0 aliphatic carbocycles. The summed E-state index contributed by atoms with van der Waals surface area (Å²) in [6.45, 7) is 13.9. The van der Waals surface area contributed by atoms with E-state index in [0.29, 0.717) is 12.5 Å². The summed E-state index contributed by atoms with van der Waals surface area (Å²) < 4.78 is 17.1. The molecule has 0 aromatic heterocycles. The van der Waals surface area contributed by atoms with E-state index in [1.54, 1.807) is 0 Å². The Morgan fingerprint density at radius 1 is 0.955 bits per heavy atom. The molecule has 1 aromatic carbocycles. The summed E-state index contributed by atoms with van der Waals surface area (Å²) in [7, 11) is 0. The van der Waals surface area contributed by atoms with Crippen molar-refractivity contribution in [1.82, 2.24) is 0 Å². The molecule has 0 fully saturated rings. The Labute approximate surface area is 136 Å². The van der Waals surface area contributed by atoms with Crippen LogP contribution in [0.25, 0.3) is 0 Å². The largest absolute Gasteiger partial charge is 0.465 e. The third-order valence-corrected chi connectivity index (χ3v) is 3.92. The zero-order valence-electron chi connectivity index (χ0n) is 15.0. The van der Waals surface area contributed by atoms with Crippen molar-refractivity contribution in [2.24, 2.45) is 0 Å². The van der Waals surface area contributed by atoms with Crippen molar-refractivity contribution < 1.29 is 14.2 Å². The van der Waals surface area contributed by atoms with Gasteiger partial charge in [-0.2, -0.15) is 0 Å². The number of hydrogen-bond acceptors (Lipinski definition) is 3. The van der Waals surface area contributed by atoms with Crippen molar-refractivity contribution in [3.8, 4) is 5.75 Å². The highest BCUT2D eigenvalue weighted by molar-refractivity contribution is 5.39. The molecule has 22 heavy (non-hydrogen) atoms. The van der Waals surface area contributed by atoms with Crippen LogP contribution in [-0.2, 0) is 15.9 Å². The topological polar surface area (TPSA) is 27.7 Å². The summed E-state index contributed by atoms with van der Waals surface area (Å²) in [5.74, 6) is 1.46. The molecule has 126 valence electrons. The van der Waals surface area contributed by atoms with Crippen LogP contribution in [0.15, 0.2) is 18.2 Å². The summed E-state index contributed by atoms with van der Waals surface area (Å²) in [5, 5.41) is 0. The Morgan fingerprint density at radius 2 is 1.64 bits per heavy atom. The van der Waals surface area contributed by atoms with Gasteiger partial charge in [0.2, 0.25) is 0 Å². The van der Waals surface area contributed by atoms with Crippen LogP contribution in [0.2, 0.25) is 0 Å². The lowest BCUT2D eigenvalue weighted by molar-refractivity contribution is -0.0620. The number of benzene rings is 1. The molecule has 0 amide bonds. The molecule has 0 saturated carbocycles. The van der Waals surface area contributed by atoms with Gasteiger partial charge in [-0.3, -0.25) is 0 Å². The van der Waals surface area contributed by atoms with Gasteiger partial charge in [0.15, 0.2) is 6.29 Å². The van der Waals surface area contributed by atoms with Gasteiger partial charge >= 0.3 is 0 Å². The van der Waals surface area contributed by atoms with Crippen LogP contribution in [0.5, 0.6) is 5.75 Å². The Bertz CT molecular complexity index is 431. The summed E-state index contributed by atoms with van der Waals surface area (Å²) >= 11 is 0. The summed E-state index contributed by atoms with van der Waals surface area (Å²) in [4.78, 5) is 0.